The Morgan fingerprint density at radius 2 is 2.00 bits per heavy atom. The molecule has 11 heteroatoms. The van der Waals surface area contributed by atoms with Gasteiger partial charge >= 0.3 is 5.97 Å². The molecule has 0 bridgehead atoms. The van der Waals surface area contributed by atoms with Gasteiger partial charge < -0.3 is 14.0 Å². The SMILES string of the molecule is CCc1nc2c(C)c(C(=O)OC)sc2n1Cc1ccc(OCc2cccc(-c3nn[nH]n3)c2Cl)cc1. The predicted octanol–water partition coefficient (Wildman–Crippen LogP) is 5.22. The number of thiophene rings is 1. The fourth-order valence-corrected chi connectivity index (χ4v) is 5.46. The number of carbonyl (C=O) groups excluding carboxylic acids is 1. The normalized spacial score (nSPS) is 11.2. The minimum absolute atomic E-state index is 0.302. The number of nitrogens with zero attached hydrogens (tertiary/aromatic N) is 5. The Bertz CT molecular complexity index is 1530. The maximum atomic E-state index is 12.1. The van der Waals surface area contributed by atoms with E-state index in [1.54, 1.807) is 0 Å². The van der Waals surface area contributed by atoms with E-state index >= 15 is 0 Å². The first-order valence-corrected chi connectivity index (χ1v) is 12.5. The smallest absolute Gasteiger partial charge is 0.348 e. The number of hydrogen-bond donors (Lipinski definition) is 1. The molecule has 0 spiro atoms. The van der Waals surface area contributed by atoms with Crippen LogP contribution >= 0.6 is 22.9 Å². The quantitative estimate of drug-likeness (QED) is 0.278. The Balaban J connectivity index is 1.32. The van der Waals surface area contributed by atoms with E-state index in [9.17, 15) is 4.79 Å². The van der Waals surface area contributed by atoms with Gasteiger partial charge in [0.1, 0.15) is 33.4 Å². The van der Waals surface area contributed by atoms with Crippen molar-refractivity contribution >= 4 is 39.3 Å². The van der Waals surface area contributed by atoms with E-state index in [1.165, 1.54) is 18.4 Å². The highest BCUT2D eigenvalue weighted by Crippen LogP contribution is 2.33. The van der Waals surface area contributed by atoms with Gasteiger partial charge in [-0.2, -0.15) is 5.21 Å². The highest BCUT2D eigenvalue weighted by Gasteiger charge is 2.22. The summed E-state index contributed by atoms with van der Waals surface area (Å²) in [5.74, 6) is 1.81. The van der Waals surface area contributed by atoms with E-state index in [0.717, 1.165) is 45.0 Å². The summed E-state index contributed by atoms with van der Waals surface area (Å²) in [7, 11) is 1.40. The lowest BCUT2D eigenvalue weighted by Gasteiger charge is -2.11. The fraction of sp³-hybridized carbons (Fsp3) is 0.240. The lowest BCUT2D eigenvalue weighted by molar-refractivity contribution is 0.0605. The number of rotatable bonds is 8. The van der Waals surface area contributed by atoms with Crippen molar-refractivity contribution in [2.24, 2.45) is 0 Å². The number of H-pyrrole nitrogens is 1. The zero-order chi connectivity index (χ0) is 25.2. The maximum absolute atomic E-state index is 12.1. The summed E-state index contributed by atoms with van der Waals surface area (Å²) in [5.41, 5.74) is 4.34. The monoisotopic (exact) mass is 522 g/mol. The predicted molar refractivity (Wildman–Crippen MR) is 138 cm³/mol. The molecule has 2 aromatic carbocycles. The Morgan fingerprint density at radius 3 is 2.69 bits per heavy atom. The molecule has 0 aliphatic heterocycles. The average molecular weight is 523 g/mol. The van der Waals surface area contributed by atoms with Crippen molar-refractivity contribution in [1.29, 1.82) is 0 Å². The van der Waals surface area contributed by atoms with Crippen LogP contribution in [-0.2, 0) is 24.3 Å². The highest BCUT2D eigenvalue weighted by molar-refractivity contribution is 7.20. The summed E-state index contributed by atoms with van der Waals surface area (Å²) in [6.07, 6.45) is 0.791. The van der Waals surface area contributed by atoms with Crippen molar-refractivity contribution in [3.63, 3.8) is 0 Å². The second kappa shape index (κ2) is 10.1. The molecule has 184 valence electrons. The molecule has 5 rings (SSSR count). The third kappa shape index (κ3) is 4.45. The molecule has 0 aliphatic rings. The van der Waals surface area contributed by atoms with Crippen LogP contribution in [0.25, 0.3) is 21.7 Å². The number of fused-ring (bicyclic) bond motifs is 1. The maximum Gasteiger partial charge on any atom is 0.348 e. The summed E-state index contributed by atoms with van der Waals surface area (Å²) in [6, 6.07) is 13.6. The van der Waals surface area contributed by atoms with Crippen LogP contribution in [0.15, 0.2) is 42.5 Å². The lowest BCUT2D eigenvalue weighted by Crippen LogP contribution is -2.04. The van der Waals surface area contributed by atoms with E-state index in [2.05, 4.69) is 32.1 Å². The molecule has 0 radical (unpaired) electrons. The number of imidazole rings is 1. The fourth-order valence-electron chi connectivity index (χ4n) is 4.01. The topological polar surface area (TPSA) is 108 Å². The number of aromatic amines is 1. The van der Waals surface area contributed by atoms with E-state index in [0.29, 0.717) is 34.4 Å². The summed E-state index contributed by atoms with van der Waals surface area (Å²) in [5, 5.41) is 14.6. The number of ether oxygens (including phenoxy) is 2. The first-order chi connectivity index (χ1) is 17.5. The molecule has 0 saturated heterocycles. The second-order valence-electron chi connectivity index (χ2n) is 8.12. The van der Waals surface area contributed by atoms with E-state index in [1.807, 2.05) is 49.4 Å². The number of aryl methyl sites for hydroxylation is 2. The van der Waals surface area contributed by atoms with E-state index < -0.39 is 0 Å². The molecule has 0 aliphatic carbocycles. The number of halogens is 1. The van der Waals surface area contributed by atoms with Crippen LogP contribution in [0.5, 0.6) is 5.75 Å². The van der Waals surface area contributed by atoms with Gasteiger partial charge in [-0.3, -0.25) is 0 Å². The van der Waals surface area contributed by atoms with Gasteiger partial charge in [0.05, 0.1) is 18.7 Å². The molecule has 1 N–H and O–H groups in total. The Morgan fingerprint density at radius 1 is 1.19 bits per heavy atom. The van der Waals surface area contributed by atoms with Gasteiger partial charge in [-0.25, -0.2) is 9.78 Å². The number of carbonyl (C=O) groups is 1. The lowest BCUT2D eigenvalue weighted by atomic mass is 10.1. The zero-order valence-electron chi connectivity index (χ0n) is 19.9. The van der Waals surface area contributed by atoms with Crippen molar-refractivity contribution in [2.45, 2.75) is 33.4 Å². The standard InChI is InChI=1S/C25H23ClN6O3S/c1-4-19-27-21-14(2)22(25(33)34-3)36-24(21)32(19)12-15-8-10-17(11-9-15)35-13-16-6-5-7-18(20(16)26)23-28-30-31-29-23/h5-11H,4,12-13H2,1-3H3,(H,28,29,30,31). The van der Waals surface area contributed by atoms with Crippen LogP contribution in [-0.4, -0.2) is 43.3 Å². The Labute approximate surface area is 216 Å². The summed E-state index contributed by atoms with van der Waals surface area (Å²) in [6.45, 7) is 4.93. The van der Waals surface area contributed by atoms with Gasteiger partial charge in [-0.1, -0.05) is 42.8 Å². The van der Waals surface area contributed by atoms with Crippen molar-refractivity contribution in [3.8, 4) is 17.1 Å². The molecule has 3 heterocycles. The van der Waals surface area contributed by atoms with Crippen molar-refractivity contribution in [3.05, 3.63) is 74.9 Å². The molecule has 0 atom stereocenters. The number of tetrazole rings is 1. The third-order valence-corrected chi connectivity index (χ3v) is 7.64. The van der Waals surface area contributed by atoms with Gasteiger partial charge in [0.2, 0.25) is 5.82 Å². The zero-order valence-corrected chi connectivity index (χ0v) is 21.5. The van der Waals surface area contributed by atoms with Crippen molar-refractivity contribution in [1.82, 2.24) is 30.2 Å². The number of hydrogen-bond acceptors (Lipinski definition) is 8. The molecular formula is C25H23ClN6O3S. The van der Waals surface area contributed by atoms with Gasteiger partial charge in [0.25, 0.3) is 0 Å². The van der Waals surface area contributed by atoms with E-state index in [4.69, 9.17) is 26.1 Å². The molecular weight excluding hydrogens is 500 g/mol. The van der Waals surface area contributed by atoms with Crippen LogP contribution in [0.4, 0.5) is 0 Å². The molecule has 9 nitrogen and oxygen atoms in total. The third-order valence-electron chi connectivity index (χ3n) is 5.91. The van der Waals surface area contributed by atoms with Crippen LogP contribution in [0.2, 0.25) is 5.02 Å². The number of methoxy groups -OCH3 is 1. The minimum Gasteiger partial charge on any atom is -0.489 e. The number of benzene rings is 2. The number of nitrogens with one attached hydrogen (secondary N) is 1. The van der Waals surface area contributed by atoms with Crippen LogP contribution in [0.3, 0.4) is 0 Å². The largest absolute Gasteiger partial charge is 0.489 e. The van der Waals surface area contributed by atoms with Gasteiger partial charge in [0.15, 0.2) is 0 Å². The van der Waals surface area contributed by atoms with Crippen LogP contribution < -0.4 is 4.74 Å². The Kier molecular flexibility index (Phi) is 6.71. The molecule has 0 unspecified atom stereocenters. The van der Waals surface area contributed by atoms with Gasteiger partial charge in [-0.15, -0.1) is 21.5 Å². The van der Waals surface area contributed by atoms with Gasteiger partial charge in [-0.05, 0) is 35.9 Å². The van der Waals surface area contributed by atoms with Gasteiger partial charge in [0, 0.05) is 23.1 Å². The van der Waals surface area contributed by atoms with Crippen molar-refractivity contribution < 1.29 is 14.3 Å². The van der Waals surface area contributed by atoms with Crippen LogP contribution in [0.1, 0.15) is 39.1 Å². The van der Waals surface area contributed by atoms with Crippen molar-refractivity contribution in [2.75, 3.05) is 7.11 Å². The Hall–Kier alpha value is -3.76. The molecule has 0 fully saturated rings. The summed E-state index contributed by atoms with van der Waals surface area (Å²) >= 11 is 7.97. The molecule has 36 heavy (non-hydrogen) atoms. The highest BCUT2D eigenvalue weighted by atomic mass is 35.5. The minimum atomic E-state index is -0.329. The molecule has 0 saturated carbocycles. The summed E-state index contributed by atoms with van der Waals surface area (Å²) in [4.78, 5) is 18.5. The van der Waals surface area contributed by atoms with Crippen LogP contribution in [0, 0.1) is 6.92 Å². The number of aromatic nitrogens is 6. The molecule has 3 aromatic heterocycles. The van der Waals surface area contributed by atoms with E-state index in [-0.39, 0.29) is 5.97 Å². The second-order valence-corrected chi connectivity index (χ2v) is 9.49. The average Bonchev–Trinajstić information content (AvgIpc) is 3.62. The summed E-state index contributed by atoms with van der Waals surface area (Å²) < 4.78 is 13.1. The molecule has 5 aromatic rings. The number of esters is 1. The first kappa shape index (κ1) is 24.0. The molecule has 0 amide bonds. The first-order valence-electron chi connectivity index (χ1n) is 11.3.